The van der Waals surface area contributed by atoms with Gasteiger partial charge in [0.1, 0.15) is 0 Å². The Kier molecular flexibility index (Phi) is 7.39. The summed E-state index contributed by atoms with van der Waals surface area (Å²) in [6.45, 7) is 9.71. The summed E-state index contributed by atoms with van der Waals surface area (Å²) in [5.41, 5.74) is 5.22. The third kappa shape index (κ3) is 4.52. The van der Waals surface area contributed by atoms with Crippen molar-refractivity contribution >= 4 is 5.91 Å². The van der Waals surface area contributed by atoms with Crippen LogP contribution in [0.2, 0.25) is 0 Å². The van der Waals surface area contributed by atoms with Crippen molar-refractivity contribution in [3.8, 4) is 0 Å². The number of amides is 1. The number of carbonyl (C=O) groups excluding carboxylic acids is 1. The van der Waals surface area contributed by atoms with E-state index in [1.165, 1.54) is 0 Å². The summed E-state index contributed by atoms with van der Waals surface area (Å²) >= 11 is 0. The first-order valence-corrected chi connectivity index (χ1v) is 6.44. The van der Waals surface area contributed by atoms with Gasteiger partial charge in [0.2, 0.25) is 5.91 Å². The summed E-state index contributed by atoms with van der Waals surface area (Å²) in [7, 11) is 0. The smallest absolute Gasteiger partial charge is 0.223 e. The van der Waals surface area contributed by atoms with Crippen LogP contribution in [0.3, 0.4) is 0 Å². The normalized spacial score (nSPS) is 18.8. The highest BCUT2D eigenvalue weighted by molar-refractivity contribution is 5.80. The molecule has 0 aliphatic carbocycles. The van der Waals surface area contributed by atoms with Gasteiger partial charge in [-0.25, -0.2) is 0 Å². The highest BCUT2D eigenvalue weighted by Crippen LogP contribution is 2.36. The lowest BCUT2D eigenvalue weighted by molar-refractivity contribution is -0.134. The van der Waals surface area contributed by atoms with Gasteiger partial charge in [0.05, 0.1) is 5.41 Å². The number of nitrogens with two attached hydrogens (primary N) is 1. The molecule has 0 radical (unpaired) electrons. The van der Waals surface area contributed by atoms with Crippen molar-refractivity contribution in [3.63, 3.8) is 0 Å². The van der Waals surface area contributed by atoms with E-state index in [-0.39, 0.29) is 11.3 Å². The maximum Gasteiger partial charge on any atom is 0.223 e. The highest BCUT2D eigenvalue weighted by Gasteiger charge is 2.37. The van der Waals surface area contributed by atoms with Crippen LogP contribution in [0.25, 0.3) is 0 Å². The van der Waals surface area contributed by atoms with Crippen LogP contribution in [-0.4, -0.2) is 19.1 Å². The van der Waals surface area contributed by atoms with Crippen LogP contribution >= 0.6 is 0 Å². The molecule has 3 nitrogen and oxygen atoms in total. The SMILES string of the molecule is CC.CC(C)CCC1(C(N)=O)CCOCC1. The molecule has 3 heteroatoms. The van der Waals surface area contributed by atoms with Gasteiger partial charge in [-0.2, -0.15) is 0 Å². The van der Waals surface area contributed by atoms with E-state index in [0.717, 1.165) is 25.7 Å². The maximum atomic E-state index is 11.5. The Labute approximate surface area is 99.7 Å². The largest absolute Gasteiger partial charge is 0.381 e. The molecule has 2 N–H and O–H groups in total. The predicted molar refractivity (Wildman–Crippen MR) is 67.1 cm³/mol. The number of primary amides is 1. The van der Waals surface area contributed by atoms with Crippen molar-refractivity contribution in [2.75, 3.05) is 13.2 Å². The van der Waals surface area contributed by atoms with E-state index < -0.39 is 0 Å². The molecule has 1 fully saturated rings. The molecular weight excluding hydrogens is 202 g/mol. The summed E-state index contributed by atoms with van der Waals surface area (Å²) in [4.78, 5) is 11.5. The van der Waals surface area contributed by atoms with Crippen LogP contribution in [0.5, 0.6) is 0 Å². The molecule has 0 aromatic carbocycles. The zero-order chi connectivity index (χ0) is 12.6. The molecule has 0 bridgehead atoms. The topological polar surface area (TPSA) is 52.3 Å². The van der Waals surface area contributed by atoms with Crippen LogP contribution in [0, 0.1) is 11.3 Å². The van der Waals surface area contributed by atoms with Gasteiger partial charge in [-0.1, -0.05) is 27.7 Å². The lowest BCUT2D eigenvalue weighted by Crippen LogP contribution is -2.41. The fraction of sp³-hybridized carbons (Fsp3) is 0.923. The number of carbonyl (C=O) groups is 1. The van der Waals surface area contributed by atoms with Gasteiger partial charge in [0.25, 0.3) is 0 Å². The van der Waals surface area contributed by atoms with Crippen LogP contribution in [0.15, 0.2) is 0 Å². The number of rotatable bonds is 4. The van der Waals surface area contributed by atoms with Crippen molar-refractivity contribution in [2.45, 2.75) is 53.4 Å². The van der Waals surface area contributed by atoms with Crippen molar-refractivity contribution in [2.24, 2.45) is 17.1 Å². The van der Waals surface area contributed by atoms with Crippen LogP contribution < -0.4 is 5.73 Å². The molecule has 1 saturated heterocycles. The Morgan fingerprint density at radius 2 is 1.81 bits per heavy atom. The molecule has 1 aliphatic rings. The molecule has 0 atom stereocenters. The van der Waals surface area contributed by atoms with E-state index in [4.69, 9.17) is 10.5 Å². The standard InChI is InChI=1S/C11H21NO2.C2H6/c1-9(2)3-4-11(10(12)13)5-7-14-8-6-11;1-2/h9H,3-8H2,1-2H3,(H2,12,13);1-2H3. The van der Waals surface area contributed by atoms with Gasteiger partial charge in [-0.3, -0.25) is 4.79 Å². The first kappa shape index (κ1) is 15.4. The van der Waals surface area contributed by atoms with Gasteiger partial charge < -0.3 is 10.5 Å². The fourth-order valence-corrected chi connectivity index (χ4v) is 1.95. The first-order valence-electron chi connectivity index (χ1n) is 6.44. The average Bonchev–Trinajstić information content (AvgIpc) is 2.30. The van der Waals surface area contributed by atoms with Gasteiger partial charge in [0, 0.05) is 13.2 Å². The summed E-state index contributed by atoms with van der Waals surface area (Å²) < 4.78 is 5.27. The number of hydrogen-bond donors (Lipinski definition) is 1. The van der Waals surface area contributed by atoms with E-state index in [1.54, 1.807) is 0 Å². The minimum atomic E-state index is -0.275. The van der Waals surface area contributed by atoms with Gasteiger partial charge in [0.15, 0.2) is 0 Å². The minimum absolute atomic E-state index is 0.138. The van der Waals surface area contributed by atoms with Crippen LogP contribution in [0.1, 0.15) is 53.4 Å². The average molecular weight is 229 g/mol. The Balaban J connectivity index is 0.00000106. The van der Waals surface area contributed by atoms with Crippen molar-refractivity contribution < 1.29 is 9.53 Å². The molecule has 0 aromatic rings. The van der Waals surface area contributed by atoms with Crippen molar-refractivity contribution in [1.29, 1.82) is 0 Å². The number of hydrogen-bond acceptors (Lipinski definition) is 2. The minimum Gasteiger partial charge on any atom is -0.381 e. The molecular formula is C13H27NO2. The third-order valence-electron chi connectivity index (χ3n) is 3.17. The zero-order valence-corrected chi connectivity index (χ0v) is 11.2. The van der Waals surface area contributed by atoms with E-state index in [2.05, 4.69) is 13.8 Å². The van der Waals surface area contributed by atoms with E-state index in [9.17, 15) is 4.79 Å². The van der Waals surface area contributed by atoms with E-state index >= 15 is 0 Å². The molecule has 0 saturated carbocycles. The Morgan fingerprint density at radius 3 is 2.19 bits per heavy atom. The van der Waals surface area contributed by atoms with E-state index in [0.29, 0.717) is 19.1 Å². The maximum absolute atomic E-state index is 11.5. The van der Waals surface area contributed by atoms with Crippen LogP contribution in [-0.2, 0) is 9.53 Å². The number of ether oxygens (including phenoxy) is 1. The lowest BCUT2D eigenvalue weighted by Gasteiger charge is -2.34. The summed E-state index contributed by atoms with van der Waals surface area (Å²) in [6.07, 6.45) is 3.59. The Morgan fingerprint density at radius 1 is 1.31 bits per heavy atom. The summed E-state index contributed by atoms with van der Waals surface area (Å²) in [5, 5.41) is 0. The van der Waals surface area contributed by atoms with Crippen LogP contribution in [0.4, 0.5) is 0 Å². The second-order valence-electron chi connectivity index (χ2n) is 4.69. The second kappa shape index (κ2) is 7.66. The second-order valence-corrected chi connectivity index (χ2v) is 4.69. The molecule has 1 amide bonds. The zero-order valence-electron chi connectivity index (χ0n) is 11.2. The Hall–Kier alpha value is -0.570. The molecule has 16 heavy (non-hydrogen) atoms. The van der Waals surface area contributed by atoms with E-state index in [1.807, 2.05) is 13.8 Å². The molecule has 1 heterocycles. The molecule has 96 valence electrons. The van der Waals surface area contributed by atoms with Crippen molar-refractivity contribution in [1.82, 2.24) is 0 Å². The first-order chi connectivity index (χ1) is 7.57. The monoisotopic (exact) mass is 229 g/mol. The molecule has 1 aliphatic heterocycles. The van der Waals surface area contributed by atoms with Gasteiger partial charge in [-0.05, 0) is 31.6 Å². The molecule has 0 spiro atoms. The Bertz CT molecular complexity index is 196. The van der Waals surface area contributed by atoms with Crippen molar-refractivity contribution in [3.05, 3.63) is 0 Å². The molecule has 1 rings (SSSR count). The fourth-order valence-electron chi connectivity index (χ4n) is 1.95. The molecule has 0 unspecified atom stereocenters. The van der Waals surface area contributed by atoms with Gasteiger partial charge in [-0.15, -0.1) is 0 Å². The lowest BCUT2D eigenvalue weighted by atomic mass is 9.74. The third-order valence-corrected chi connectivity index (χ3v) is 3.17. The quantitative estimate of drug-likeness (QED) is 0.806. The summed E-state index contributed by atoms with van der Waals surface area (Å²) in [6, 6.07) is 0. The molecule has 0 aromatic heterocycles. The predicted octanol–water partition coefficient (Wildman–Crippen LogP) is 2.73. The highest BCUT2D eigenvalue weighted by atomic mass is 16.5. The van der Waals surface area contributed by atoms with Gasteiger partial charge >= 0.3 is 0 Å². The summed E-state index contributed by atoms with van der Waals surface area (Å²) in [5.74, 6) is 0.496.